The topological polar surface area (TPSA) is 25.8 Å². The van der Waals surface area contributed by atoms with Crippen molar-refractivity contribution < 1.29 is 0 Å². The van der Waals surface area contributed by atoms with Crippen molar-refractivity contribution >= 4 is 45.2 Å². The van der Waals surface area contributed by atoms with E-state index < -0.39 is 0 Å². The molecule has 1 heterocycles. The molecule has 4 heteroatoms. The van der Waals surface area contributed by atoms with Gasteiger partial charge in [-0.3, -0.25) is 0 Å². The number of hydrogen-bond acceptors (Lipinski definition) is 2. The molecule has 0 spiro atoms. The molecule has 0 amide bonds. The monoisotopic (exact) mass is 346 g/mol. The summed E-state index contributed by atoms with van der Waals surface area (Å²) in [7, 11) is 0. The fraction of sp³-hybridized carbons (Fsp3) is 0.200. The van der Waals surface area contributed by atoms with Gasteiger partial charge in [-0.15, -0.1) is 0 Å². The molecule has 0 aliphatic carbocycles. The lowest BCUT2D eigenvalue weighted by atomic mass is 10.4. The normalized spacial score (nSPS) is 9.67. The Bertz CT molecular complexity index is 204. The van der Waals surface area contributed by atoms with Gasteiger partial charge in [-0.1, -0.05) is 0 Å². The summed E-state index contributed by atoms with van der Waals surface area (Å²) < 4.78 is 2.07. The van der Waals surface area contributed by atoms with E-state index in [2.05, 4.69) is 55.1 Å². The van der Waals surface area contributed by atoms with E-state index in [4.69, 9.17) is 0 Å². The molecule has 0 fully saturated rings. The van der Waals surface area contributed by atoms with Crippen molar-refractivity contribution in [1.82, 2.24) is 9.97 Å². The molecule has 1 rings (SSSR count). The zero-order valence-electron chi connectivity index (χ0n) is 4.73. The summed E-state index contributed by atoms with van der Waals surface area (Å²) in [4.78, 5) is 8.02. The van der Waals surface area contributed by atoms with Crippen LogP contribution in [0.4, 0.5) is 0 Å². The minimum atomic E-state index is 1.03. The van der Waals surface area contributed by atoms with Crippen LogP contribution in [0.2, 0.25) is 0 Å². The van der Waals surface area contributed by atoms with Gasteiger partial charge < -0.3 is 0 Å². The molecular formula is C5H4I2N2. The Balaban J connectivity index is 3.25. The number of hydrogen-bond donors (Lipinski definition) is 0. The number of nitrogens with zero attached hydrogens (tertiary/aromatic N) is 2. The van der Waals surface area contributed by atoms with Gasteiger partial charge in [-0.05, 0) is 52.1 Å². The average Bonchev–Trinajstić information content (AvgIpc) is 1.83. The number of aromatic nitrogens is 2. The predicted octanol–water partition coefficient (Wildman–Crippen LogP) is 1.99. The summed E-state index contributed by atoms with van der Waals surface area (Å²) in [6, 6.07) is 0. The minimum absolute atomic E-state index is 1.03. The fourth-order valence-corrected chi connectivity index (χ4v) is 1.69. The van der Waals surface area contributed by atoms with Crippen LogP contribution in [0.25, 0.3) is 0 Å². The first kappa shape index (κ1) is 7.64. The van der Waals surface area contributed by atoms with Crippen LogP contribution in [0, 0.1) is 14.3 Å². The second-order valence-corrected chi connectivity index (χ2v) is 3.62. The van der Waals surface area contributed by atoms with Crippen LogP contribution in [0.3, 0.4) is 0 Å². The van der Waals surface area contributed by atoms with Crippen LogP contribution in [0.15, 0.2) is 6.33 Å². The van der Waals surface area contributed by atoms with Crippen LogP contribution < -0.4 is 0 Å². The molecule has 0 N–H and O–H groups in total. The molecule has 0 aromatic carbocycles. The lowest BCUT2D eigenvalue weighted by Crippen LogP contribution is -1.92. The molecule has 0 atom stereocenters. The van der Waals surface area contributed by atoms with E-state index in [0.717, 1.165) is 7.40 Å². The van der Waals surface area contributed by atoms with Crippen LogP contribution in [-0.2, 0) is 0 Å². The van der Waals surface area contributed by atoms with E-state index in [1.165, 1.54) is 5.56 Å². The van der Waals surface area contributed by atoms with Gasteiger partial charge in [-0.25, -0.2) is 9.97 Å². The van der Waals surface area contributed by atoms with Gasteiger partial charge in [0, 0.05) is 5.56 Å². The average molecular weight is 346 g/mol. The second-order valence-electron chi connectivity index (χ2n) is 1.58. The molecule has 0 aliphatic heterocycles. The van der Waals surface area contributed by atoms with Gasteiger partial charge in [0.05, 0.1) is 0 Å². The van der Waals surface area contributed by atoms with E-state index in [-0.39, 0.29) is 0 Å². The molecule has 0 unspecified atom stereocenters. The van der Waals surface area contributed by atoms with E-state index in [9.17, 15) is 0 Å². The Morgan fingerprint density at radius 3 is 2.00 bits per heavy atom. The first-order valence-electron chi connectivity index (χ1n) is 2.34. The fourth-order valence-electron chi connectivity index (χ4n) is 0.409. The standard InChI is InChI=1S/C5H4I2N2/c1-3-4(6)8-2-9-5(3)7/h2H,1H3. The molecule has 0 aliphatic rings. The highest BCUT2D eigenvalue weighted by molar-refractivity contribution is 14.1. The van der Waals surface area contributed by atoms with Crippen molar-refractivity contribution in [3.63, 3.8) is 0 Å². The summed E-state index contributed by atoms with van der Waals surface area (Å²) >= 11 is 4.39. The molecular weight excluding hydrogens is 342 g/mol. The molecule has 1 aromatic rings. The molecule has 9 heavy (non-hydrogen) atoms. The van der Waals surface area contributed by atoms with Gasteiger partial charge in [-0.2, -0.15) is 0 Å². The lowest BCUT2D eigenvalue weighted by molar-refractivity contribution is 1.06. The Labute approximate surface area is 80.8 Å². The Morgan fingerprint density at radius 1 is 1.22 bits per heavy atom. The van der Waals surface area contributed by atoms with Gasteiger partial charge in [0.25, 0.3) is 0 Å². The zero-order chi connectivity index (χ0) is 6.85. The second kappa shape index (κ2) is 3.09. The summed E-state index contributed by atoms with van der Waals surface area (Å²) in [5.74, 6) is 0. The SMILES string of the molecule is Cc1c(I)ncnc1I. The van der Waals surface area contributed by atoms with Crippen molar-refractivity contribution in [1.29, 1.82) is 0 Å². The largest absolute Gasteiger partial charge is 0.230 e. The van der Waals surface area contributed by atoms with Crippen molar-refractivity contribution in [2.24, 2.45) is 0 Å². The smallest absolute Gasteiger partial charge is 0.117 e. The summed E-state index contributed by atoms with van der Waals surface area (Å²) in [5.41, 5.74) is 1.17. The first-order chi connectivity index (χ1) is 4.22. The van der Waals surface area contributed by atoms with E-state index in [0.29, 0.717) is 0 Å². The number of halogens is 2. The highest BCUT2D eigenvalue weighted by Crippen LogP contribution is 2.11. The van der Waals surface area contributed by atoms with Gasteiger partial charge in [0.1, 0.15) is 13.7 Å². The third-order valence-corrected chi connectivity index (χ3v) is 3.14. The molecule has 1 aromatic heterocycles. The Kier molecular flexibility index (Phi) is 2.62. The predicted molar refractivity (Wildman–Crippen MR) is 52.2 cm³/mol. The van der Waals surface area contributed by atoms with Gasteiger partial charge >= 0.3 is 0 Å². The Morgan fingerprint density at radius 2 is 1.67 bits per heavy atom. The highest BCUT2D eigenvalue weighted by Gasteiger charge is 1.98. The third kappa shape index (κ3) is 1.73. The number of rotatable bonds is 0. The van der Waals surface area contributed by atoms with Crippen molar-refractivity contribution in [2.75, 3.05) is 0 Å². The van der Waals surface area contributed by atoms with E-state index in [1.807, 2.05) is 6.92 Å². The molecule has 0 saturated carbocycles. The summed E-state index contributed by atoms with van der Waals surface area (Å²) in [6.07, 6.45) is 1.58. The Hall–Kier alpha value is 0.540. The molecule has 0 radical (unpaired) electrons. The maximum absolute atomic E-state index is 4.01. The third-order valence-electron chi connectivity index (χ3n) is 0.961. The van der Waals surface area contributed by atoms with Crippen LogP contribution in [-0.4, -0.2) is 9.97 Å². The maximum Gasteiger partial charge on any atom is 0.117 e. The highest BCUT2D eigenvalue weighted by atomic mass is 127. The lowest BCUT2D eigenvalue weighted by Gasteiger charge is -1.95. The van der Waals surface area contributed by atoms with Gasteiger partial charge in [0.2, 0.25) is 0 Å². The van der Waals surface area contributed by atoms with E-state index in [1.54, 1.807) is 6.33 Å². The summed E-state index contributed by atoms with van der Waals surface area (Å²) in [5, 5.41) is 0. The maximum atomic E-state index is 4.01. The van der Waals surface area contributed by atoms with E-state index >= 15 is 0 Å². The molecule has 0 saturated heterocycles. The quantitative estimate of drug-likeness (QED) is 0.531. The van der Waals surface area contributed by atoms with Crippen molar-refractivity contribution in [2.45, 2.75) is 6.92 Å². The van der Waals surface area contributed by atoms with Gasteiger partial charge in [0.15, 0.2) is 0 Å². The van der Waals surface area contributed by atoms with Crippen LogP contribution in [0.5, 0.6) is 0 Å². The molecule has 0 bridgehead atoms. The van der Waals surface area contributed by atoms with Crippen molar-refractivity contribution in [3.8, 4) is 0 Å². The molecule has 48 valence electrons. The van der Waals surface area contributed by atoms with Crippen LogP contribution >= 0.6 is 45.2 Å². The van der Waals surface area contributed by atoms with Crippen molar-refractivity contribution in [3.05, 3.63) is 19.3 Å². The van der Waals surface area contributed by atoms with Crippen LogP contribution in [0.1, 0.15) is 5.56 Å². The first-order valence-corrected chi connectivity index (χ1v) is 4.50. The zero-order valence-corrected chi connectivity index (χ0v) is 9.04. The summed E-state index contributed by atoms with van der Waals surface area (Å²) in [6.45, 7) is 2.02. The molecule has 2 nitrogen and oxygen atoms in total. The minimum Gasteiger partial charge on any atom is -0.230 e.